The highest BCUT2D eigenvalue weighted by Crippen LogP contribution is 2.32. The number of methoxy groups -OCH3 is 1. The van der Waals surface area contributed by atoms with E-state index in [0.29, 0.717) is 23.6 Å². The van der Waals surface area contributed by atoms with Crippen LogP contribution in [0, 0.1) is 13.8 Å². The molecule has 0 radical (unpaired) electrons. The van der Waals surface area contributed by atoms with Gasteiger partial charge in [0.25, 0.3) is 10.0 Å². The highest BCUT2D eigenvalue weighted by molar-refractivity contribution is 7.92. The van der Waals surface area contributed by atoms with E-state index in [1.807, 2.05) is 6.92 Å². The molecule has 1 N–H and O–H groups in total. The van der Waals surface area contributed by atoms with Gasteiger partial charge in [0.15, 0.2) is 0 Å². The van der Waals surface area contributed by atoms with E-state index in [1.165, 1.54) is 25.3 Å². The minimum atomic E-state index is -4.12. The van der Waals surface area contributed by atoms with Crippen LogP contribution in [0.1, 0.15) is 28.4 Å². The lowest BCUT2D eigenvalue weighted by Crippen LogP contribution is -2.38. The molecule has 3 rings (SSSR count). The van der Waals surface area contributed by atoms with Gasteiger partial charge in [-0.05, 0) is 62.7 Å². The zero-order chi connectivity index (χ0) is 25.6. The Morgan fingerprint density at radius 3 is 2.31 bits per heavy atom. The Labute approximate surface area is 205 Å². The summed E-state index contributed by atoms with van der Waals surface area (Å²) in [6.45, 7) is 5.22. The maximum atomic E-state index is 13.7. The first-order valence-corrected chi connectivity index (χ1v) is 12.4. The zero-order valence-electron chi connectivity index (χ0n) is 20.1. The first-order valence-electron chi connectivity index (χ1n) is 11.0. The summed E-state index contributed by atoms with van der Waals surface area (Å²) in [5.74, 6) is -0.797. The number of hydrogen-bond donors (Lipinski definition) is 1. The molecule has 3 aromatic rings. The minimum Gasteiger partial charge on any atom is -0.492 e. The maximum Gasteiger partial charge on any atom is 0.337 e. The Morgan fingerprint density at radius 1 is 0.971 bits per heavy atom. The zero-order valence-corrected chi connectivity index (χ0v) is 20.9. The Bertz CT molecular complexity index is 1320. The number of nitrogens with zero attached hydrogens (tertiary/aromatic N) is 1. The average Bonchev–Trinajstić information content (AvgIpc) is 2.84. The van der Waals surface area contributed by atoms with Gasteiger partial charge in [-0.3, -0.25) is 9.10 Å². The summed E-state index contributed by atoms with van der Waals surface area (Å²) < 4.78 is 38.8. The van der Waals surface area contributed by atoms with Crippen LogP contribution in [0.25, 0.3) is 0 Å². The Balaban J connectivity index is 2.00. The second-order valence-corrected chi connectivity index (χ2v) is 9.66. The van der Waals surface area contributed by atoms with E-state index in [4.69, 9.17) is 9.47 Å². The van der Waals surface area contributed by atoms with Crippen molar-refractivity contribution < 1.29 is 27.5 Å². The molecule has 0 unspecified atom stereocenters. The SMILES string of the molecule is CCOc1ccccc1N(CC(=O)Nc1cc(C(=O)OC)ccc1C)S(=O)(=O)c1ccc(C)cc1. The van der Waals surface area contributed by atoms with Crippen LogP contribution in [0.15, 0.2) is 71.6 Å². The predicted molar refractivity (Wildman–Crippen MR) is 134 cm³/mol. The second-order valence-electron chi connectivity index (χ2n) is 7.79. The summed E-state index contributed by atoms with van der Waals surface area (Å²) in [4.78, 5) is 25.1. The minimum absolute atomic E-state index is 0.0473. The van der Waals surface area contributed by atoms with Gasteiger partial charge in [-0.25, -0.2) is 13.2 Å². The molecule has 3 aromatic carbocycles. The third-order valence-electron chi connectivity index (χ3n) is 5.26. The third kappa shape index (κ3) is 5.99. The van der Waals surface area contributed by atoms with Crippen LogP contribution in [-0.2, 0) is 19.6 Å². The summed E-state index contributed by atoms with van der Waals surface area (Å²) in [5, 5.41) is 2.72. The van der Waals surface area contributed by atoms with Crippen molar-refractivity contribution in [2.24, 2.45) is 0 Å². The van der Waals surface area contributed by atoms with Crippen LogP contribution in [-0.4, -0.2) is 40.6 Å². The van der Waals surface area contributed by atoms with Gasteiger partial charge in [0, 0.05) is 5.69 Å². The molecular weight excluding hydrogens is 468 g/mol. The summed E-state index contributed by atoms with van der Waals surface area (Å²) in [5.41, 5.74) is 2.49. The predicted octanol–water partition coefficient (Wildman–Crippen LogP) is 4.32. The van der Waals surface area contributed by atoms with Crippen molar-refractivity contribution in [2.45, 2.75) is 25.7 Å². The lowest BCUT2D eigenvalue weighted by atomic mass is 10.1. The Kier molecular flexibility index (Phi) is 8.14. The lowest BCUT2D eigenvalue weighted by Gasteiger charge is -2.26. The molecule has 0 saturated heterocycles. The van der Waals surface area contributed by atoms with Crippen molar-refractivity contribution in [3.8, 4) is 5.75 Å². The molecule has 0 aliphatic carbocycles. The van der Waals surface area contributed by atoms with Gasteiger partial charge >= 0.3 is 5.97 Å². The highest BCUT2D eigenvalue weighted by Gasteiger charge is 2.29. The van der Waals surface area contributed by atoms with Gasteiger partial charge in [0.2, 0.25) is 5.91 Å². The summed E-state index contributed by atoms with van der Waals surface area (Å²) >= 11 is 0. The van der Waals surface area contributed by atoms with Crippen molar-refractivity contribution in [3.63, 3.8) is 0 Å². The Morgan fingerprint density at radius 2 is 1.66 bits per heavy atom. The molecule has 8 nitrogen and oxygen atoms in total. The van der Waals surface area contributed by atoms with Crippen molar-refractivity contribution in [1.29, 1.82) is 0 Å². The fraction of sp³-hybridized carbons (Fsp3) is 0.231. The monoisotopic (exact) mass is 496 g/mol. The topological polar surface area (TPSA) is 102 Å². The van der Waals surface area contributed by atoms with E-state index >= 15 is 0 Å². The standard InChI is InChI=1S/C26H28N2O6S/c1-5-34-24-9-7-6-8-23(24)28(35(31,32)21-14-10-18(2)11-15-21)17-25(29)27-22-16-20(26(30)33-4)13-12-19(22)3/h6-16H,5,17H2,1-4H3,(H,27,29). The van der Waals surface area contributed by atoms with E-state index in [2.05, 4.69) is 5.32 Å². The lowest BCUT2D eigenvalue weighted by molar-refractivity contribution is -0.114. The number of anilines is 2. The van der Waals surface area contributed by atoms with Gasteiger partial charge in [-0.1, -0.05) is 35.9 Å². The maximum absolute atomic E-state index is 13.7. The van der Waals surface area contributed by atoms with Crippen LogP contribution in [0.3, 0.4) is 0 Å². The van der Waals surface area contributed by atoms with E-state index in [1.54, 1.807) is 62.4 Å². The number of nitrogens with one attached hydrogen (secondary N) is 1. The van der Waals surface area contributed by atoms with Crippen LogP contribution < -0.4 is 14.4 Å². The highest BCUT2D eigenvalue weighted by atomic mass is 32.2. The molecule has 184 valence electrons. The number of ether oxygens (including phenoxy) is 2. The molecule has 0 saturated carbocycles. The normalized spacial score (nSPS) is 11.0. The second kappa shape index (κ2) is 11.1. The number of carbonyl (C=O) groups excluding carboxylic acids is 2. The number of amides is 1. The van der Waals surface area contributed by atoms with E-state index in [-0.39, 0.29) is 16.1 Å². The van der Waals surface area contributed by atoms with Crippen LogP contribution >= 0.6 is 0 Å². The molecule has 9 heteroatoms. The molecule has 0 aromatic heterocycles. The van der Waals surface area contributed by atoms with E-state index < -0.39 is 28.4 Å². The van der Waals surface area contributed by atoms with Crippen molar-refractivity contribution >= 4 is 33.3 Å². The van der Waals surface area contributed by atoms with Gasteiger partial charge in [-0.2, -0.15) is 0 Å². The fourth-order valence-corrected chi connectivity index (χ4v) is 4.83. The fourth-order valence-electron chi connectivity index (χ4n) is 3.40. The summed E-state index contributed by atoms with van der Waals surface area (Å²) in [6, 6.07) is 17.8. The molecule has 0 spiro atoms. The van der Waals surface area contributed by atoms with E-state index in [0.717, 1.165) is 9.87 Å². The number of para-hydroxylation sites is 2. The average molecular weight is 497 g/mol. The number of carbonyl (C=O) groups is 2. The number of aryl methyl sites for hydroxylation is 2. The third-order valence-corrected chi connectivity index (χ3v) is 7.04. The van der Waals surface area contributed by atoms with Gasteiger partial charge < -0.3 is 14.8 Å². The van der Waals surface area contributed by atoms with Gasteiger partial charge in [-0.15, -0.1) is 0 Å². The van der Waals surface area contributed by atoms with Crippen LogP contribution in [0.2, 0.25) is 0 Å². The Hall–Kier alpha value is -3.85. The number of benzene rings is 3. The molecule has 1 amide bonds. The molecular formula is C26H28N2O6S. The molecule has 35 heavy (non-hydrogen) atoms. The first kappa shape index (κ1) is 25.8. The van der Waals surface area contributed by atoms with Crippen molar-refractivity contribution in [3.05, 3.63) is 83.4 Å². The smallest absolute Gasteiger partial charge is 0.337 e. The largest absolute Gasteiger partial charge is 0.492 e. The van der Waals surface area contributed by atoms with Crippen molar-refractivity contribution in [2.75, 3.05) is 29.9 Å². The van der Waals surface area contributed by atoms with Gasteiger partial charge in [0.1, 0.15) is 12.3 Å². The van der Waals surface area contributed by atoms with E-state index in [9.17, 15) is 18.0 Å². The van der Waals surface area contributed by atoms with Crippen LogP contribution in [0.4, 0.5) is 11.4 Å². The summed E-state index contributed by atoms with van der Waals surface area (Å²) in [6.07, 6.45) is 0. The molecule has 0 aliphatic rings. The number of esters is 1. The summed E-state index contributed by atoms with van der Waals surface area (Å²) in [7, 11) is -2.85. The number of hydrogen-bond acceptors (Lipinski definition) is 6. The molecule has 0 aliphatic heterocycles. The molecule has 0 fully saturated rings. The molecule has 0 heterocycles. The quantitative estimate of drug-likeness (QED) is 0.443. The number of sulfonamides is 1. The molecule has 0 bridgehead atoms. The molecule has 0 atom stereocenters. The number of rotatable bonds is 9. The van der Waals surface area contributed by atoms with Crippen molar-refractivity contribution in [1.82, 2.24) is 0 Å². The van der Waals surface area contributed by atoms with Crippen LogP contribution in [0.5, 0.6) is 5.75 Å². The van der Waals surface area contributed by atoms with Gasteiger partial charge in [0.05, 0.1) is 29.9 Å². The first-order chi connectivity index (χ1) is 16.7.